The smallest absolute Gasteiger partial charge is 0.257 e. The van der Waals surface area contributed by atoms with Crippen molar-refractivity contribution in [1.29, 1.82) is 0 Å². The zero-order valence-electron chi connectivity index (χ0n) is 15.7. The third kappa shape index (κ3) is 4.97. The van der Waals surface area contributed by atoms with Crippen LogP contribution in [0.3, 0.4) is 0 Å². The molecule has 1 aliphatic carbocycles. The van der Waals surface area contributed by atoms with Crippen LogP contribution in [0.2, 0.25) is 0 Å². The number of carbonyl (C=O) groups excluding carboxylic acids is 1. The van der Waals surface area contributed by atoms with Crippen LogP contribution in [0.5, 0.6) is 0 Å². The lowest BCUT2D eigenvalue weighted by atomic mass is 10.1. The molecule has 1 heterocycles. The number of benzene rings is 1. The first-order chi connectivity index (χ1) is 12.6. The van der Waals surface area contributed by atoms with Crippen molar-refractivity contribution in [2.24, 2.45) is 0 Å². The van der Waals surface area contributed by atoms with Gasteiger partial charge in [0.2, 0.25) is 0 Å². The Balaban J connectivity index is 1.57. The van der Waals surface area contributed by atoms with Crippen LogP contribution in [-0.2, 0) is 0 Å². The number of nitrogens with one attached hydrogen (secondary N) is 2. The topological polar surface area (TPSA) is 57.3 Å². The first-order valence-electron chi connectivity index (χ1n) is 9.43. The Hall–Kier alpha value is -2.56. The zero-order valence-corrected chi connectivity index (χ0v) is 15.7. The number of pyridine rings is 1. The molecule has 1 saturated carbocycles. The lowest BCUT2D eigenvalue weighted by molar-refractivity contribution is 0.102. The molecule has 1 aromatic carbocycles. The van der Waals surface area contributed by atoms with Crippen molar-refractivity contribution in [3.8, 4) is 0 Å². The Morgan fingerprint density at radius 3 is 2.27 bits per heavy atom. The number of amides is 1. The molecule has 3 rings (SSSR count). The van der Waals surface area contributed by atoms with Crippen LogP contribution in [0.15, 0.2) is 42.6 Å². The third-order valence-corrected chi connectivity index (χ3v) is 4.87. The first-order valence-corrected chi connectivity index (χ1v) is 9.43. The van der Waals surface area contributed by atoms with Crippen molar-refractivity contribution in [2.45, 2.75) is 44.6 Å². The fourth-order valence-corrected chi connectivity index (χ4v) is 3.29. The molecular formula is C21H28N4O. The van der Waals surface area contributed by atoms with Gasteiger partial charge in [-0.2, -0.15) is 0 Å². The van der Waals surface area contributed by atoms with Gasteiger partial charge in [-0.3, -0.25) is 4.79 Å². The van der Waals surface area contributed by atoms with Crippen molar-refractivity contribution in [1.82, 2.24) is 4.98 Å². The second-order valence-corrected chi connectivity index (χ2v) is 7.16. The number of nitrogens with zero attached hydrogens (tertiary/aromatic N) is 2. The Morgan fingerprint density at radius 1 is 1.00 bits per heavy atom. The third-order valence-electron chi connectivity index (χ3n) is 4.87. The summed E-state index contributed by atoms with van der Waals surface area (Å²) in [6.45, 7) is 0. The molecule has 0 atom stereocenters. The van der Waals surface area contributed by atoms with E-state index in [-0.39, 0.29) is 5.91 Å². The largest absolute Gasteiger partial charge is 0.378 e. The van der Waals surface area contributed by atoms with E-state index in [4.69, 9.17) is 0 Å². The standard InChI is InChI=1S/C21H28N4O/c1-25(2)19-12-10-18(11-13-19)24-21(26)16-9-14-20(22-15-16)23-17-7-5-3-4-6-8-17/h9-15,17H,3-8H2,1-2H3,(H,22,23)(H,24,26). The summed E-state index contributed by atoms with van der Waals surface area (Å²) in [5.74, 6) is 0.708. The molecule has 5 heteroatoms. The molecule has 1 fully saturated rings. The highest BCUT2D eigenvalue weighted by molar-refractivity contribution is 6.04. The molecule has 26 heavy (non-hydrogen) atoms. The molecule has 1 aliphatic rings. The summed E-state index contributed by atoms with van der Waals surface area (Å²) in [5, 5.41) is 6.42. The van der Waals surface area contributed by atoms with Crippen molar-refractivity contribution in [2.75, 3.05) is 29.6 Å². The van der Waals surface area contributed by atoms with Crippen molar-refractivity contribution in [3.63, 3.8) is 0 Å². The van der Waals surface area contributed by atoms with E-state index in [1.165, 1.54) is 38.5 Å². The van der Waals surface area contributed by atoms with E-state index in [1.54, 1.807) is 6.20 Å². The maximum atomic E-state index is 12.4. The number of anilines is 3. The van der Waals surface area contributed by atoms with Crippen LogP contribution in [0.25, 0.3) is 0 Å². The van der Waals surface area contributed by atoms with Crippen LogP contribution in [0.4, 0.5) is 17.2 Å². The minimum Gasteiger partial charge on any atom is -0.378 e. The van der Waals surface area contributed by atoms with Gasteiger partial charge in [0.05, 0.1) is 5.56 Å². The average Bonchev–Trinajstić information content (AvgIpc) is 2.91. The van der Waals surface area contributed by atoms with E-state index in [2.05, 4.69) is 15.6 Å². The maximum absolute atomic E-state index is 12.4. The van der Waals surface area contributed by atoms with Gasteiger partial charge in [-0.1, -0.05) is 25.7 Å². The highest BCUT2D eigenvalue weighted by atomic mass is 16.1. The van der Waals surface area contributed by atoms with E-state index >= 15 is 0 Å². The van der Waals surface area contributed by atoms with Gasteiger partial charge in [0.15, 0.2) is 0 Å². The summed E-state index contributed by atoms with van der Waals surface area (Å²) in [6, 6.07) is 12.0. The summed E-state index contributed by atoms with van der Waals surface area (Å²) >= 11 is 0. The molecule has 0 bridgehead atoms. The van der Waals surface area contributed by atoms with E-state index in [0.717, 1.165) is 17.2 Å². The SMILES string of the molecule is CN(C)c1ccc(NC(=O)c2ccc(NC3CCCCCC3)nc2)cc1. The van der Waals surface area contributed by atoms with Gasteiger partial charge in [-0.15, -0.1) is 0 Å². The molecule has 2 aromatic rings. The zero-order chi connectivity index (χ0) is 18.4. The van der Waals surface area contributed by atoms with Crippen LogP contribution in [0, 0.1) is 0 Å². The fourth-order valence-electron chi connectivity index (χ4n) is 3.29. The molecule has 0 spiro atoms. The van der Waals surface area contributed by atoms with Crippen molar-refractivity contribution < 1.29 is 4.79 Å². The number of hydrogen-bond donors (Lipinski definition) is 2. The van der Waals surface area contributed by atoms with Crippen LogP contribution in [-0.4, -0.2) is 31.0 Å². The van der Waals surface area contributed by atoms with E-state index < -0.39 is 0 Å². The van der Waals surface area contributed by atoms with E-state index in [0.29, 0.717) is 11.6 Å². The molecule has 1 aromatic heterocycles. The molecule has 0 unspecified atom stereocenters. The Kier molecular flexibility index (Phi) is 6.10. The fraction of sp³-hybridized carbons (Fsp3) is 0.429. The molecule has 5 nitrogen and oxygen atoms in total. The quantitative estimate of drug-likeness (QED) is 0.776. The second kappa shape index (κ2) is 8.70. The minimum atomic E-state index is -0.142. The molecule has 0 radical (unpaired) electrons. The number of aromatic nitrogens is 1. The van der Waals surface area contributed by atoms with Gasteiger partial charge in [-0.25, -0.2) is 4.98 Å². The minimum absolute atomic E-state index is 0.142. The summed E-state index contributed by atoms with van der Waals surface area (Å²) < 4.78 is 0. The van der Waals surface area contributed by atoms with Gasteiger partial charge < -0.3 is 15.5 Å². The van der Waals surface area contributed by atoms with E-state index in [1.807, 2.05) is 55.4 Å². The summed E-state index contributed by atoms with van der Waals surface area (Å²) in [7, 11) is 3.98. The summed E-state index contributed by atoms with van der Waals surface area (Å²) in [4.78, 5) is 18.8. The normalized spacial score (nSPS) is 15.2. The molecular weight excluding hydrogens is 324 g/mol. The molecule has 0 saturated heterocycles. The molecule has 1 amide bonds. The highest BCUT2D eigenvalue weighted by Gasteiger charge is 2.13. The van der Waals surface area contributed by atoms with Crippen molar-refractivity contribution in [3.05, 3.63) is 48.2 Å². The van der Waals surface area contributed by atoms with Crippen LogP contribution < -0.4 is 15.5 Å². The maximum Gasteiger partial charge on any atom is 0.257 e. The van der Waals surface area contributed by atoms with E-state index in [9.17, 15) is 4.79 Å². The van der Waals surface area contributed by atoms with Gasteiger partial charge in [0.25, 0.3) is 5.91 Å². The van der Waals surface area contributed by atoms with Crippen molar-refractivity contribution >= 4 is 23.1 Å². The Bertz CT molecular complexity index is 702. The monoisotopic (exact) mass is 352 g/mol. The number of carbonyl (C=O) groups is 1. The van der Waals surface area contributed by atoms with Crippen LogP contribution >= 0.6 is 0 Å². The lowest BCUT2D eigenvalue weighted by Gasteiger charge is -2.17. The average molecular weight is 352 g/mol. The molecule has 0 aliphatic heterocycles. The predicted octanol–water partition coefficient (Wildman–Crippen LogP) is 4.53. The van der Waals surface area contributed by atoms with Gasteiger partial charge in [0.1, 0.15) is 5.82 Å². The predicted molar refractivity (Wildman–Crippen MR) is 108 cm³/mol. The van der Waals surface area contributed by atoms with Gasteiger partial charge in [-0.05, 0) is 49.2 Å². The summed E-state index contributed by atoms with van der Waals surface area (Å²) in [6.07, 6.45) is 9.28. The number of hydrogen-bond acceptors (Lipinski definition) is 4. The Morgan fingerprint density at radius 2 is 1.69 bits per heavy atom. The van der Waals surface area contributed by atoms with Crippen LogP contribution in [0.1, 0.15) is 48.9 Å². The van der Waals surface area contributed by atoms with Gasteiger partial charge in [0, 0.05) is 37.7 Å². The first kappa shape index (κ1) is 18.2. The Labute approximate surface area is 155 Å². The second-order valence-electron chi connectivity index (χ2n) is 7.16. The molecule has 2 N–H and O–H groups in total. The highest BCUT2D eigenvalue weighted by Crippen LogP contribution is 2.21. The summed E-state index contributed by atoms with van der Waals surface area (Å²) in [5.41, 5.74) is 2.44. The lowest BCUT2D eigenvalue weighted by Crippen LogP contribution is -2.19. The van der Waals surface area contributed by atoms with Gasteiger partial charge >= 0.3 is 0 Å². The number of rotatable bonds is 5. The molecule has 138 valence electrons.